The van der Waals surface area contributed by atoms with E-state index in [-0.39, 0.29) is 6.04 Å². The first-order valence-corrected chi connectivity index (χ1v) is 6.33. The molecule has 0 aliphatic heterocycles. The highest BCUT2D eigenvalue weighted by molar-refractivity contribution is 7.10. The zero-order valence-corrected chi connectivity index (χ0v) is 11.1. The lowest BCUT2D eigenvalue weighted by Crippen LogP contribution is -2.12. The molecule has 16 heavy (non-hydrogen) atoms. The Kier molecular flexibility index (Phi) is 3.10. The van der Waals surface area contributed by atoms with Gasteiger partial charge in [-0.1, -0.05) is 11.6 Å². The lowest BCUT2D eigenvalue weighted by atomic mass is 10.0. The van der Waals surface area contributed by atoms with Gasteiger partial charge in [-0.25, -0.2) is 0 Å². The summed E-state index contributed by atoms with van der Waals surface area (Å²) in [5, 5.41) is 2.69. The Labute approximate surface area is 104 Å². The third kappa shape index (κ3) is 1.79. The average Bonchev–Trinajstić information content (AvgIpc) is 2.73. The molecule has 2 aromatic heterocycles. The van der Waals surface area contributed by atoms with Crippen LogP contribution in [-0.4, -0.2) is 0 Å². The van der Waals surface area contributed by atoms with Crippen molar-refractivity contribution in [3.8, 4) is 0 Å². The fourth-order valence-electron chi connectivity index (χ4n) is 1.93. The fourth-order valence-corrected chi connectivity index (χ4v) is 3.11. The summed E-state index contributed by atoms with van der Waals surface area (Å²) in [6, 6.07) is 1.68. The van der Waals surface area contributed by atoms with Crippen LogP contribution in [0.3, 0.4) is 0 Å². The summed E-state index contributed by atoms with van der Waals surface area (Å²) in [6.45, 7) is 5.92. The SMILES string of the molecule is Cc1oc(C)c(C(N)c2sccc2Cl)c1C. The molecule has 1 unspecified atom stereocenters. The van der Waals surface area contributed by atoms with Crippen molar-refractivity contribution in [1.29, 1.82) is 0 Å². The topological polar surface area (TPSA) is 39.2 Å². The molecular formula is C12H14ClNOS. The third-order valence-electron chi connectivity index (χ3n) is 2.86. The molecule has 0 radical (unpaired) electrons. The lowest BCUT2D eigenvalue weighted by molar-refractivity contribution is 0.498. The minimum absolute atomic E-state index is 0.190. The molecular weight excluding hydrogens is 242 g/mol. The van der Waals surface area contributed by atoms with Gasteiger partial charge in [-0.15, -0.1) is 11.3 Å². The minimum Gasteiger partial charge on any atom is -0.466 e. The number of aryl methyl sites for hydroxylation is 2. The van der Waals surface area contributed by atoms with Gasteiger partial charge in [-0.05, 0) is 37.8 Å². The van der Waals surface area contributed by atoms with Gasteiger partial charge in [0.15, 0.2) is 0 Å². The maximum atomic E-state index is 6.24. The molecule has 2 aromatic rings. The Morgan fingerprint density at radius 3 is 2.44 bits per heavy atom. The minimum atomic E-state index is -0.190. The first-order valence-electron chi connectivity index (χ1n) is 5.07. The number of nitrogens with two attached hydrogens (primary N) is 1. The van der Waals surface area contributed by atoms with Crippen molar-refractivity contribution in [1.82, 2.24) is 0 Å². The molecule has 0 saturated heterocycles. The molecule has 0 bridgehead atoms. The van der Waals surface area contributed by atoms with E-state index in [1.54, 1.807) is 11.3 Å². The van der Waals surface area contributed by atoms with Gasteiger partial charge in [0, 0.05) is 10.4 Å². The molecule has 2 rings (SSSR count). The van der Waals surface area contributed by atoms with Crippen LogP contribution in [0.1, 0.15) is 33.6 Å². The molecule has 0 aliphatic rings. The summed E-state index contributed by atoms with van der Waals surface area (Å²) in [6.07, 6.45) is 0. The van der Waals surface area contributed by atoms with Crippen LogP contribution in [0, 0.1) is 20.8 Å². The van der Waals surface area contributed by atoms with Gasteiger partial charge in [-0.3, -0.25) is 0 Å². The molecule has 0 amide bonds. The molecule has 1 atom stereocenters. The van der Waals surface area contributed by atoms with Crippen molar-refractivity contribution in [3.63, 3.8) is 0 Å². The fraction of sp³-hybridized carbons (Fsp3) is 0.333. The second kappa shape index (κ2) is 4.24. The predicted molar refractivity (Wildman–Crippen MR) is 68.3 cm³/mol. The predicted octanol–water partition coefficient (Wildman–Crippen LogP) is 3.97. The largest absolute Gasteiger partial charge is 0.466 e. The molecule has 2 N–H and O–H groups in total. The van der Waals surface area contributed by atoms with Gasteiger partial charge in [0.05, 0.1) is 11.1 Å². The summed E-state index contributed by atoms with van der Waals surface area (Å²) in [4.78, 5) is 0.994. The van der Waals surface area contributed by atoms with E-state index in [1.165, 1.54) is 0 Å². The van der Waals surface area contributed by atoms with Gasteiger partial charge >= 0.3 is 0 Å². The standard InChI is InChI=1S/C12H14ClNOS/c1-6-7(2)15-8(3)10(6)11(14)12-9(13)4-5-16-12/h4-5,11H,14H2,1-3H3. The first kappa shape index (κ1) is 11.7. The molecule has 2 nitrogen and oxygen atoms in total. The van der Waals surface area contributed by atoms with Crippen molar-refractivity contribution < 1.29 is 4.42 Å². The second-order valence-electron chi connectivity index (χ2n) is 3.86. The van der Waals surface area contributed by atoms with E-state index in [4.69, 9.17) is 21.8 Å². The van der Waals surface area contributed by atoms with Crippen molar-refractivity contribution in [2.75, 3.05) is 0 Å². The van der Waals surface area contributed by atoms with Crippen molar-refractivity contribution in [3.05, 3.63) is 44.0 Å². The number of furan rings is 1. The highest BCUT2D eigenvalue weighted by Crippen LogP contribution is 2.35. The molecule has 0 aliphatic carbocycles. The van der Waals surface area contributed by atoms with Gasteiger partial charge in [0.1, 0.15) is 11.5 Å². The van der Waals surface area contributed by atoms with Gasteiger partial charge in [0.25, 0.3) is 0 Å². The molecule has 0 saturated carbocycles. The van der Waals surface area contributed by atoms with E-state index in [1.807, 2.05) is 32.2 Å². The molecule has 0 aromatic carbocycles. The van der Waals surface area contributed by atoms with Gasteiger partial charge < -0.3 is 10.2 Å². The van der Waals surface area contributed by atoms with Crippen LogP contribution in [0.2, 0.25) is 5.02 Å². The van der Waals surface area contributed by atoms with Gasteiger partial charge in [-0.2, -0.15) is 0 Å². The number of hydrogen-bond donors (Lipinski definition) is 1. The van der Waals surface area contributed by atoms with Crippen molar-refractivity contribution >= 4 is 22.9 Å². The van der Waals surface area contributed by atoms with E-state index < -0.39 is 0 Å². The summed E-state index contributed by atoms with van der Waals surface area (Å²) in [7, 11) is 0. The Balaban J connectivity index is 2.49. The van der Waals surface area contributed by atoms with Crippen LogP contribution in [0.4, 0.5) is 0 Å². The van der Waals surface area contributed by atoms with E-state index >= 15 is 0 Å². The summed E-state index contributed by atoms with van der Waals surface area (Å²) in [5.74, 6) is 1.81. The number of halogens is 1. The Morgan fingerprint density at radius 2 is 2.00 bits per heavy atom. The monoisotopic (exact) mass is 255 g/mol. The zero-order valence-electron chi connectivity index (χ0n) is 9.50. The maximum Gasteiger partial charge on any atom is 0.106 e. The average molecular weight is 256 g/mol. The Hall–Kier alpha value is -0.770. The first-order chi connectivity index (χ1) is 7.52. The molecule has 2 heterocycles. The highest BCUT2D eigenvalue weighted by atomic mass is 35.5. The number of rotatable bonds is 2. The smallest absolute Gasteiger partial charge is 0.106 e. The van der Waals surface area contributed by atoms with Crippen LogP contribution >= 0.6 is 22.9 Å². The van der Waals surface area contributed by atoms with Crippen LogP contribution in [0.5, 0.6) is 0 Å². The van der Waals surface area contributed by atoms with Crippen LogP contribution in [0.15, 0.2) is 15.9 Å². The normalized spacial score (nSPS) is 13.1. The summed E-state index contributed by atoms with van der Waals surface area (Å²) >= 11 is 7.68. The number of hydrogen-bond acceptors (Lipinski definition) is 3. The van der Waals surface area contributed by atoms with Crippen molar-refractivity contribution in [2.24, 2.45) is 5.73 Å². The molecule has 0 spiro atoms. The highest BCUT2D eigenvalue weighted by Gasteiger charge is 2.21. The van der Waals surface area contributed by atoms with Crippen molar-refractivity contribution in [2.45, 2.75) is 26.8 Å². The third-order valence-corrected chi connectivity index (χ3v) is 4.30. The Bertz CT molecular complexity index is 515. The van der Waals surface area contributed by atoms with E-state index in [9.17, 15) is 0 Å². The lowest BCUT2D eigenvalue weighted by Gasteiger charge is -2.11. The summed E-state index contributed by atoms with van der Waals surface area (Å²) < 4.78 is 5.59. The van der Waals surface area contributed by atoms with Gasteiger partial charge in [0.2, 0.25) is 0 Å². The Morgan fingerprint density at radius 1 is 1.31 bits per heavy atom. The maximum absolute atomic E-state index is 6.24. The molecule has 0 fully saturated rings. The van der Waals surface area contributed by atoms with E-state index in [2.05, 4.69) is 0 Å². The zero-order chi connectivity index (χ0) is 11.9. The molecule has 4 heteroatoms. The summed E-state index contributed by atoms with van der Waals surface area (Å²) in [5.41, 5.74) is 8.42. The molecule has 86 valence electrons. The van der Waals surface area contributed by atoms with Crippen LogP contribution in [-0.2, 0) is 0 Å². The quantitative estimate of drug-likeness (QED) is 0.882. The van der Waals surface area contributed by atoms with Crippen LogP contribution in [0.25, 0.3) is 0 Å². The van der Waals surface area contributed by atoms with E-state index in [0.717, 1.165) is 32.5 Å². The van der Waals surface area contributed by atoms with E-state index in [0.29, 0.717) is 0 Å². The second-order valence-corrected chi connectivity index (χ2v) is 5.22. The van der Waals surface area contributed by atoms with Crippen LogP contribution < -0.4 is 5.73 Å². The number of thiophene rings is 1.